The number of nitrogens with two attached hydrogens (primary N) is 1. The van der Waals surface area contributed by atoms with Crippen molar-refractivity contribution in [2.75, 3.05) is 12.3 Å². The molecule has 4 heteroatoms. The topological polar surface area (TPSA) is 64.1 Å². The highest BCUT2D eigenvalue weighted by molar-refractivity contribution is 5.78. The molecule has 0 aliphatic carbocycles. The lowest BCUT2D eigenvalue weighted by atomic mass is 10.1. The zero-order valence-electron chi connectivity index (χ0n) is 8.94. The van der Waals surface area contributed by atoms with E-state index in [4.69, 9.17) is 5.73 Å². The summed E-state index contributed by atoms with van der Waals surface area (Å²) in [5, 5.41) is 9.35. The van der Waals surface area contributed by atoms with Crippen LogP contribution in [0.25, 0.3) is 11.0 Å². The van der Waals surface area contributed by atoms with Crippen LogP contribution < -0.4 is 5.73 Å². The summed E-state index contributed by atoms with van der Waals surface area (Å²) in [5.74, 6) is 0.440. The van der Waals surface area contributed by atoms with Crippen LogP contribution in [0, 0.1) is 0 Å². The Morgan fingerprint density at radius 2 is 2.07 bits per heavy atom. The van der Waals surface area contributed by atoms with Crippen LogP contribution in [0.1, 0.15) is 13.8 Å². The quantitative estimate of drug-likeness (QED) is 0.777. The summed E-state index contributed by atoms with van der Waals surface area (Å²) >= 11 is 0. The molecule has 0 atom stereocenters. The van der Waals surface area contributed by atoms with Crippen LogP contribution in [0.15, 0.2) is 24.3 Å². The first kappa shape index (κ1) is 9.98. The van der Waals surface area contributed by atoms with Gasteiger partial charge in [0.1, 0.15) is 0 Å². The summed E-state index contributed by atoms with van der Waals surface area (Å²) in [4.78, 5) is 4.26. The van der Waals surface area contributed by atoms with Crippen molar-refractivity contribution in [2.24, 2.45) is 0 Å². The van der Waals surface area contributed by atoms with Crippen LogP contribution in [-0.2, 0) is 5.54 Å². The molecule has 80 valence electrons. The van der Waals surface area contributed by atoms with Gasteiger partial charge in [0.05, 0.1) is 23.2 Å². The van der Waals surface area contributed by atoms with Gasteiger partial charge < -0.3 is 15.4 Å². The number of benzene rings is 1. The van der Waals surface area contributed by atoms with E-state index in [9.17, 15) is 5.11 Å². The van der Waals surface area contributed by atoms with E-state index in [-0.39, 0.29) is 6.61 Å². The van der Waals surface area contributed by atoms with E-state index < -0.39 is 5.54 Å². The van der Waals surface area contributed by atoms with Crippen molar-refractivity contribution in [1.82, 2.24) is 9.55 Å². The van der Waals surface area contributed by atoms with E-state index in [1.807, 2.05) is 42.7 Å². The van der Waals surface area contributed by atoms with Crippen LogP contribution in [0.5, 0.6) is 0 Å². The number of hydrogen-bond donors (Lipinski definition) is 2. The Kier molecular flexibility index (Phi) is 2.16. The summed E-state index contributed by atoms with van der Waals surface area (Å²) < 4.78 is 1.86. The van der Waals surface area contributed by atoms with Gasteiger partial charge >= 0.3 is 0 Å². The molecule has 0 bridgehead atoms. The Balaban J connectivity index is 2.74. The van der Waals surface area contributed by atoms with E-state index in [0.29, 0.717) is 5.95 Å². The van der Waals surface area contributed by atoms with Gasteiger partial charge in [-0.2, -0.15) is 0 Å². The molecule has 0 amide bonds. The average molecular weight is 205 g/mol. The molecular formula is C11H15N3O. The minimum absolute atomic E-state index is 0.0254. The van der Waals surface area contributed by atoms with Crippen LogP contribution >= 0.6 is 0 Å². The third-order valence-electron chi connectivity index (χ3n) is 2.58. The Morgan fingerprint density at radius 3 is 2.73 bits per heavy atom. The molecule has 2 rings (SSSR count). The number of aliphatic hydroxyl groups is 1. The molecule has 0 aliphatic heterocycles. The number of anilines is 1. The van der Waals surface area contributed by atoms with Crippen molar-refractivity contribution in [3.63, 3.8) is 0 Å². The highest BCUT2D eigenvalue weighted by Gasteiger charge is 2.23. The van der Waals surface area contributed by atoms with E-state index in [0.717, 1.165) is 11.0 Å². The number of fused-ring (bicyclic) bond motifs is 1. The minimum Gasteiger partial charge on any atom is -0.394 e. The van der Waals surface area contributed by atoms with Gasteiger partial charge in [0, 0.05) is 0 Å². The highest BCUT2D eigenvalue weighted by atomic mass is 16.3. The summed E-state index contributed by atoms with van der Waals surface area (Å²) in [6.07, 6.45) is 0. The number of aliphatic hydroxyl groups excluding tert-OH is 1. The summed E-state index contributed by atoms with van der Waals surface area (Å²) in [6.45, 7) is 3.88. The third kappa shape index (κ3) is 1.47. The second-order valence-corrected chi connectivity index (χ2v) is 4.26. The fraction of sp³-hybridized carbons (Fsp3) is 0.364. The molecular weight excluding hydrogens is 190 g/mol. The molecule has 1 aromatic carbocycles. The lowest BCUT2D eigenvalue weighted by molar-refractivity contribution is 0.169. The van der Waals surface area contributed by atoms with E-state index in [1.54, 1.807) is 0 Å². The number of imidazole rings is 1. The first-order chi connectivity index (χ1) is 7.06. The molecule has 0 saturated heterocycles. The summed E-state index contributed by atoms with van der Waals surface area (Å²) in [7, 11) is 0. The van der Waals surface area contributed by atoms with Gasteiger partial charge in [0.2, 0.25) is 5.95 Å². The van der Waals surface area contributed by atoms with Crippen LogP contribution in [0.3, 0.4) is 0 Å². The number of nitrogens with zero attached hydrogens (tertiary/aromatic N) is 2. The normalized spacial score (nSPS) is 12.2. The number of hydrogen-bond acceptors (Lipinski definition) is 3. The maximum Gasteiger partial charge on any atom is 0.201 e. The van der Waals surface area contributed by atoms with Crippen molar-refractivity contribution >= 4 is 17.0 Å². The Morgan fingerprint density at radius 1 is 1.40 bits per heavy atom. The van der Waals surface area contributed by atoms with Gasteiger partial charge in [-0.3, -0.25) is 0 Å². The molecule has 0 unspecified atom stereocenters. The first-order valence-corrected chi connectivity index (χ1v) is 4.90. The van der Waals surface area contributed by atoms with Crippen molar-refractivity contribution in [3.8, 4) is 0 Å². The fourth-order valence-electron chi connectivity index (χ4n) is 1.75. The molecule has 0 fully saturated rings. The lowest BCUT2D eigenvalue weighted by Crippen LogP contribution is -2.31. The molecule has 0 spiro atoms. The van der Waals surface area contributed by atoms with Crippen molar-refractivity contribution in [3.05, 3.63) is 24.3 Å². The molecule has 15 heavy (non-hydrogen) atoms. The summed E-state index contributed by atoms with van der Waals surface area (Å²) in [5.41, 5.74) is 7.24. The molecule has 0 aliphatic rings. The predicted molar refractivity (Wildman–Crippen MR) is 60.6 cm³/mol. The van der Waals surface area contributed by atoms with Gasteiger partial charge in [-0.25, -0.2) is 4.98 Å². The van der Waals surface area contributed by atoms with Crippen LogP contribution in [0.2, 0.25) is 0 Å². The maximum absolute atomic E-state index is 9.35. The van der Waals surface area contributed by atoms with Crippen LogP contribution in [0.4, 0.5) is 5.95 Å². The zero-order chi connectivity index (χ0) is 11.1. The van der Waals surface area contributed by atoms with Crippen molar-refractivity contribution < 1.29 is 5.11 Å². The second-order valence-electron chi connectivity index (χ2n) is 4.26. The average Bonchev–Trinajstić information content (AvgIpc) is 2.54. The standard InChI is InChI=1S/C11H15N3O/c1-11(2,7-15)14-9-6-4-3-5-8(9)13-10(14)12/h3-6,15H,7H2,1-2H3,(H2,12,13). The molecule has 0 radical (unpaired) electrons. The third-order valence-corrected chi connectivity index (χ3v) is 2.58. The van der Waals surface area contributed by atoms with Crippen molar-refractivity contribution in [2.45, 2.75) is 19.4 Å². The van der Waals surface area contributed by atoms with Gasteiger partial charge in [0.15, 0.2) is 0 Å². The van der Waals surface area contributed by atoms with Gasteiger partial charge in [-0.1, -0.05) is 12.1 Å². The second kappa shape index (κ2) is 3.24. The smallest absolute Gasteiger partial charge is 0.201 e. The number of aromatic nitrogens is 2. The highest BCUT2D eigenvalue weighted by Crippen LogP contribution is 2.26. The SMILES string of the molecule is CC(C)(CO)n1c(N)nc2ccccc21. The fourth-order valence-corrected chi connectivity index (χ4v) is 1.75. The van der Waals surface area contributed by atoms with Gasteiger partial charge in [-0.15, -0.1) is 0 Å². The van der Waals surface area contributed by atoms with Gasteiger partial charge in [0.25, 0.3) is 0 Å². The molecule has 1 heterocycles. The molecule has 0 saturated carbocycles. The van der Waals surface area contributed by atoms with E-state index in [1.165, 1.54) is 0 Å². The lowest BCUT2D eigenvalue weighted by Gasteiger charge is -2.25. The van der Waals surface area contributed by atoms with Gasteiger partial charge in [-0.05, 0) is 26.0 Å². The van der Waals surface area contributed by atoms with Crippen LogP contribution in [-0.4, -0.2) is 21.3 Å². The van der Waals surface area contributed by atoms with E-state index in [2.05, 4.69) is 4.98 Å². The minimum atomic E-state index is -0.430. The molecule has 3 N–H and O–H groups in total. The number of nitrogen functional groups attached to an aromatic ring is 1. The number of rotatable bonds is 2. The molecule has 2 aromatic rings. The monoisotopic (exact) mass is 205 g/mol. The maximum atomic E-state index is 9.35. The predicted octanol–water partition coefficient (Wildman–Crippen LogP) is 1.35. The first-order valence-electron chi connectivity index (χ1n) is 4.90. The number of para-hydroxylation sites is 2. The van der Waals surface area contributed by atoms with Crippen molar-refractivity contribution in [1.29, 1.82) is 0 Å². The Labute approximate surface area is 88.3 Å². The summed E-state index contributed by atoms with van der Waals surface area (Å²) in [6, 6.07) is 7.73. The molecule has 4 nitrogen and oxygen atoms in total. The Hall–Kier alpha value is -1.55. The Bertz CT molecular complexity index is 488. The van der Waals surface area contributed by atoms with E-state index >= 15 is 0 Å². The molecule has 1 aromatic heterocycles. The largest absolute Gasteiger partial charge is 0.394 e. The zero-order valence-corrected chi connectivity index (χ0v) is 8.94.